The molecule has 0 radical (unpaired) electrons. The van der Waals surface area contributed by atoms with E-state index in [1.165, 1.54) is 24.3 Å². The Bertz CT molecular complexity index is 581. The first kappa shape index (κ1) is 13.9. The Balaban J connectivity index is 2.25. The lowest BCUT2D eigenvalue weighted by Gasteiger charge is -2.13. The second-order valence-corrected chi connectivity index (χ2v) is 4.59. The average Bonchev–Trinajstić information content (AvgIpc) is 2.37. The summed E-state index contributed by atoms with van der Waals surface area (Å²) >= 11 is 5.56. The molecule has 0 bridgehead atoms. The first-order valence-corrected chi connectivity index (χ1v) is 6.00. The molecule has 0 saturated heterocycles. The summed E-state index contributed by atoms with van der Waals surface area (Å²) in [5.74, 6) is -1.93. The van der Waals surface area contributed by atoms with Gasteiger partial charge in [-0.25, -0.2) is 13.2 Å². The Labute approximate surface area is 113 Å². The lowest BCUT2D eigenvalue weighted by atomic mass is 9.99. The maximum atomic E-state index is 13.5. The van der Waals surface area contributed by atoms with Crippen LogP contribution in [0.5, 0.6) is 0 Å². The summed E-state index contributed by atoms with van der Waals surface area (Å²) in [4.78, 5) is 0. The van der Waals surface area contributed by atoms with Crippen LogP contribution in [0, 0.1) is 17.5 Å². The maximum Gasteiger partial charge on any atom is 0.142 e. The van der Waals surface area contributed by atoms with Gasteiger partial charge in [0.25, 0.3) is 0 Å². The second-order valence-electron chi connectivity index (χ2n) is 4.18. The van der Waals surface area contributed by atoms with E-state index in [-0.39, 0.29) is 17.0 Å². The van der Waals surface area contributed by atoms with Crippen LogP contribution in [0.2, 0.25) is 5.02 Å². The highest BCUT2D eigenvalue weighted by atomic mass is 35.5. The zero-order valence-corrected chi connectivity index (χ0v) is 10.6. The van der Waals surface area contributed by atoms with E-state index < -0.39 is 23.5 Å². The molecule has 2 N–H and O–H groups in total. The second kappa shape index (κ2) is 5.63. The molecule has 0 fully saturated rings. The summed E-state index contributed by atoms with van der Waals surface area (Å²) in [7, 11) is 0. The highest BCUT2D eigenvalue weighted by molar-refractivity contribution is 6.30. The Morgan fingerprint density at radius 3 is 2.21 bits per heavy atom. The average molecular weight is 286 g/mol. The fourth-order valence-electron chi connectivity index (χ4n) is 1.81. The molecule has 0 heterocycles. The fourth-order valence-corrected chi connectivity index (χ4v) is 1.93. The number of nitrogens with two attached hydrogens (primary N) is 1. The van der Waals surface area contributed by atoms with E-state index in [4.69, 9.17) is 17.3 Å². The van der Waals surface area contributed by atoms with Gasteiger partial charge in [-0.2, -0.15) is 0 Å². The minimum atomic E-state index is -0.710. The van der Waals surface area contributed by atoms with Crippen molar-refractivity contribution in [3.05, 3.63) is 70.0 Å². The summed E-state index contributed by atoms with van der Waals surface area (Å²) in [6, 6.07) is 6.96. The molecule has 0 aromatic heterocycles. The molecule has 2 aromatic rings. The van der Waals surface area contributed by atoms with Crippen LogP contribution in [-0.4, -0.2) is 0 Å². The van der Waals surface area contributed by atoms with Gasteiger partial charge >= 0.3 is 0 Å². The number of halogens is 4. The highest BCUT2D eigenvalue weighted by Crippen LogP contribution is 2.23. The van der Waals surface area contributed by atoms with Crippen LogP contribution in [0.25, 0.3) is 0 Å². The molecule has 0 spiro atoms. The summed E-state index contributed by atoms with van der Waals surface area (Å²) in [6.07, 6.45) is -0.0560. The van der Waals surface area contributed by atoms with E-state index in [0.717, 1.165) is 12.1 Å². The summed E-state index contributed by atoms with van der Waals surface area (Å²) in [5.41, 5.74) is 6.17. The molecule has 2 aromatic carbocycles. The first-order valence-electron chi connectivity index (χ1n) is 5.62. The molecule has 1 atom stereocenters. The standard InChI is InChI=1S/C14H11ClF3N/c15-10-5-4-8(6-13(10)18)14(19)7-9-11(16)2-1-3-12(9)17/h1-6,14H,7,19H2. The predicted octanol–water partition coefficient (Wildman–Crippen LogP) is 4.00. The molecule has 5 heteroatoms. The summed E-state index contributed by atoms with van der Waals surface area (Å²) in [5, 5.41) is -0.0203. The van der Waals surface area contributed by atoms with Crippen molar-refractivity contribution in [2.45, 2.75) is 12.5 Å². The van der Waals surface area contributed by atoms with E-state index in [1.54, 1.807) is 0 Å². The molecule has 1 nitrogen and oxygen atoms in total. The van der Waals surface area contributed by atoms with Crippen molar-refractivity contribution < 1.29 is 13.2 Å². The van der Waals surface area contributed by atoms with Gasteiger partial charge in [-0.1, -0.05) is 23.7 Å². The van der Waals surface area contributed by atoms with Gasteiger partial charge in [-0.05, 0) is 36.2 Å². The van der Waals surface area contributed by atoms with Crippen LogP contribution in [0.15, 0.2) is 36.4 Å². The van der Waals surface area contributed by atoms with Crippen molar-refractivity contribution in [1.29, 1.82) is 0 Å². The Morgan fingerprint density at radius 2 is 1.63 bits per heavy atom. The van der Waals surface area contributed by atoms with Gasteiger partial charge in [0.15, 0.2) is 0 Å². The molecule has 0 aliphatic carbocycles. The third kappa shape index (κ3) is 3.08. The molecule has 0 saturated carbocycles. The van der Waals surface area contributed by atoms with Gasteiger partial charge in [0.2, 0.25) is 0 Å². The van der Waals surface area contributed by atoms with Crippen molar-refractivity contribution in [3.8, 4) is 0 Å². The van der Waals surface area contributed by atoms with Crippen LogP contribution < -0.4 is 5.73 Å². The van der Waals surface area contributed by atoms with Crippen molar-refractivity contribution >= 4 is 11.6 Å². The van der Waals surface area contributed by atoms with Crippen molar-refractivity contribution in [2.24, 2.45) is 5.73 Å². The smallest absolute Gasteiger partial charge is 0.142 e. The van der Waals surface area contributed by atoms with Gasteiger partial charge in [0.05, 0.1) is 5.02 Å². The summed E-state index contributed by atoms with van der Waals surface area (Å²) in [6.45, 7) is 0. The fraction of sp³-hybridized carbons (Fsp3) is 0.143. The van der Waals surface area contributed by atoms with E-state index in [2.05, 4.69) is 0 Å². The van der Waals surface area contributed by atoms with Crippen LogP contribution in [0.3, 0.4) is 0 Å². The third-order valence-corrected chi connectivity index (χ3v) is 3.16. The quantitative estimate of drug-likeness (QED) is 0.906. The highest BCUT2D eigenvalue weighted by Gasteiger charge is 2.15. The molecule has 0 amide bonds. The topological polar surface area (TPSA) is 26.0 Å². The zero-order chi connectivity index (χ0) is 14.0. The minimum absolute atomic E-state index is 0.0203. The van der Waals surface area contributed by atoms with E-state index >= 15 is 0 Å². The van der Waals surface area contributed by atoms with E-state index in [0.29, 0.717) is 5.56 Å². The molecule has 100 valence electrons. The molecule has 2 rings (SSSR count). The van der Waals surface area contributed by atoms with Gasteiger partial charge in [0.1, 0.15) is 17.5 Å². The molecule has 1 unspecified atom stereocenters. The van der Waals surface area contributed by atoms with Gasteiger partial charge in [-0.3, -0.25) is 0 Å². The van der Waals surface area contributed by atoms with Crippen molar-refractivity contribution in [1.82, 2.24) is 0 Å². The minimum Gasteiger partial charge on any atom is -0.324 e. The number of rotatable bonds is 3. The van der Waals surface area contributed by atoms with Crippen LogP contribution >= 0.6 is 11.6 Å². The normalized spacial score (nSPS) is 12.5. The van der Waals surface area contributed by atoms with Gasteiger partial charge < -0.3 is 5.73 Å². The number of benzene rings is 2. The zero-order valence-electron chi connectivity index (χ0n) is 9.84. The number of hydrogen-bond acceptors (Lipinski definition) is 1. The lowest BCUT2D eigenvalue weighted by Crippen LogP contribution is -2.15. The van der Waals surface area contributed by atoms with Crippen LogP contribution in [-0.2, 0) is 6.42 Å². The molecule has 0 aliphatic rings. The van der Waals surface area contributed by atoms with E-state index in [9.17, 15) is 13.2 Å². The van der Waals surface area contributed by atoms with Crippen molar-refractivity contribution in [2.75, 3.05) is 0 Å². The number of hydrogen-bond donors (Lipinski definition) is 1. The monoisotopic (exact) mass is 285 g/mol. The van der Waals surface area contributed by atoms with Crippen LogP contribution in [0.1, 0.15) is 17.2 Å². The van der Waals surface area contributed by atoms with E-state index in [1.807, 2.05) is 0 Å². The Morgan fingerprint density at radius 1 is 1.00 bits per heavy atom. The largest absolute Gasteiger partial charge is 0.324 e. The predicted molar refractivity (Wildman–Crippen MR) is 68.4 cm³/mol. The third-order valence-electron chi connectivity index (χ3n) is 2.86. The maximum absolute atomic E-state index is 13.5. The van der Waals surface area contributed by atoms with Crippen molar-refractivity contribution in [3.63, 3.8) is 0 Å². The van der Waals surface area contributed by atoms with Gasteiger partial charge in [-0.15, -0.1) is 0 Å². The molecule has 19 heavy (non-hydrogen) atoms. The summed E-state index contributed by atoms with van der Waals surface area (Å²) < 4.78 is 40.3. The Kier molecular flexibility index (Phi) is 4.12. The lowest BCUT2D eigenvalue weighted by molar-refractivity contribution is 0.538. The molecular formula is C14H11ClF3N. The first-order chi connectivity index (χ1) is 8.99. The molecular weight excluding hydrogens is 275 g/mol. The van der Waals surface area contributed by atoms with Gasteiger partial charge in [0, 0.05) is 11.6 Å². The Hall–Kier alpha value is -1.52. The SMILES string of the molecule is NC(Cc1c(F)cccc1F)c1ccc(Cl)c(F)c1. The molecule has 0 aliphatic heterocycles. The van der Waals surface area contributed by atoms with Crippen LogP contribution in [0.4, 0.5) is 13.2 Å².